The van der Waals surface area contributed by atoms with E-state index in [1.165, 1.54) is 35.0 Å². The van der Waals surface area contributed by atoms with Crippen LogP contribution in [-0.4, -0.2) is 16.5 Å². The molecule has 0 unspecified atom stereocenters. The van der Waals surface area contributed by atoms with Crippen LogP contribution in [0.2, 0.25) is 0 Å². The van der Waals surface area contributed by atoms with Crippen LogP contribution in [0.4, 0.5) is 10.1 Å². The molecule has 3 rings (SSSR count). The molecule has 1 aromatic heterocycles. The van der Waals surface area contributed by atoms with Crippen molar-refractivity contribution in [2.75, 3.05) is 4.90 Å². The van der Waals surface area contributed by atoms with Gasteiger partial charge in [0.25, 0.3) is 5.91 Å². The third-order valence-electron chi connectivity index (χ3n) is 4.33. The van der Waals surface area contributed by atoms with E-state index in [0.717, 1.165) is 25.7 Å². The summed E-state index contributed by atoms with van der Waals surface area (Å²) in [7, 11) is 1.61. The fourth-order valence-electron chi connectivity index (χ4n) is 3.14. The molecule has 1 fully saturated rings. The Bertz CT molecular complexity index is 779. The lowest BCUT2D eigenvalue weighted by molar-refractivity contribution is 0.0976. The Hall–Kier alpha value is -2.43. The second-order valence-electron chi connectivity index (χ2n) is 5.96. The largest absolute Gasteiger partial charge is 0.318 e. The van der Waals surface area contributed by atoms with Crippen LogP contribution < -0.4 is 10.5 Å². The van der Waals surface area contributed by atoms with Crippen LogP contribution in [0.3, 0.4) is 0 Å². The molecule has 1 aliphatic carbocycles. The molecule has 1 amide bonds. The van der Waals surface area contributed by atoms with Gasteiger partial charge in [0.2, 0.25) is 5.56 Å². The average molecular weight is 314 g/mol. The summed E-state index contributed by atoms with van der Waals surface area (Å²) in [6, 6.07) is 9.10. The number of aryl methyl sites for hydroxylation is 1. The summed E-state index contributed by atoms with van der Waals surface area (Å²) in [6.45, 7) is 0. The summed E-state index contributed by atoms with van der Waals surface area (Å²) in [5.41, 5.74) is 0.832. The van der Waals surface area contributed by atoms with Crippen molar-refractivity contribution >= 4 is 11.6 Å². The Morgan fingerprint density at radius 3 is 2.61 bits per heavy atom. The lowest BCUT2D eigenvalue weighted by Gasteiger charge is -2.29. The van der Waals surface area contributed by atoms with Crippen molar-refractivity contribution < 1.29 is 9.18 Å². The first-order chi connectivity index (χ1) is 11.1. The number of aromatic nitrogens is 1. The van der Waals surface area contributed by atoms with Crippen molar-refractivity contribution in [1.82, 2.24) is 4.57 Å². The molecule has 2 aromatic rings. The number of carbonyl (C=O) groups excluding carboxylic acids is 1. The maximum Gasteiger partial charge on any atom is 0.260 e. The molecule has 0 spiro atoms. The molecule has 0 radical (unpaired) electrons. The van der Waals surface area contributed by atoms with Crippen LogP contribution in [0.15, 0.2) is 47.4 Å². The van der Waals surface area contributed by atoms with Crippen LogP contribution in [0.1, 0.15) is 36.0 Å². The molecule has 1 aromatic carbocycles. The van der Waals surface area contributed by atoms with Gasteiger partial charge in [-0.2, -0.15) is 0 Å². The molecule has 4 nitrogen and oxygen atoms in total. The van der Waals surface area contributed by atoms with Crippen molar-refractivity contribution in [3.05, 3.63) is 64.3 Å². The van der Waals surface area contributed by atoms with Crippen LogP contribution >= 0.6 is 0 Å². The predicted molar refractivity (Wildman–Crippen MR) is 87.1 cm³/mol. The topological polar surface area (TPSA) is 42.3 Å². The van der Waals surface area contributed by atoms with Crippen molar-refractivity contribution in [3.63, 3.8) is 0 Å². The Morgan fingerprint density at radius 2 is 1.96 bits per heavy atom. The molecule has 1 heterocycles. The molecule has 0 atom stereocenters. The summed E-state index contributed by atoms with van der Waals surface area (Å²) in [5.74, 6) is -0.558. The zero-order valence-corrected chi connectivity index (χ0v) is 13.0. The van der Waals surface area contributed by atoms with Gasteiger partial charge in [0.15, 0.2) is 0 Å². The number of rotatable bonds is 3. The highest BCUT2D eigenvalue weighted by Gasteiger charge is 2.29. The number of nitrogens with zero attached hydrogens (tertiary/aromatic N) is 2. The summed E-state index contributed by atoms with van der Waals surface area (Å²) in [5, 5.41) is 0. The van der Waals surface area contributed by atoms with E-state index in [1.807, 2.05) is 0 Å². The second-order valence-corrected chi connectivity index (χ2v) is 5.96. The van der Waals surface area contributed by atoms with E-state index in [2.05, 4.69) is 0 Å². The van der Waals surface area contributed by atoms with E-state index >= 15 is 0 Å². The van der Waals surface area contributed by atoms with Gasteiger partial charge in [-0.1, -0.05) is 18.9 Å². The number of hydrogen-bond donors (Lipinski definition) is 0. The molecule has 0 bridgehead atoms. The normalized spacial score (nSPS) is 14.9. The number of pyridine rings is 1. The van der Waals surface area contributed by atoms with Crippen molar-refractivity contribution in [1.29, 1.82) is 0 Å². The molecule has 0 saturated heterocycles. The highest BCUT2D eigenvalue weighted by atomic mass is 19.1. The summed E-state index contributed by atoms with van der Waals surface area (Å²) < 4.78 is 15.0. The van der Waals surface area contributed by atoms with Crippen molar-refractivity contribution in [3.8, 4) is 0 Å². The molecule has 0 aliphatic heterocycles. The molecule has 5 heteroatoms. The number of hydrogen-bond acceptors (Lipinski definition) is 2. The molecule has 1 saturated carbocycles. The third-order valence-corrected chi connectivity index (χ3v) is 4.33. The Labute approximate surface area is 134 Å². The first-order valence-electron chi connectivity index (χ1n) is 7.82. The molecular formula is C18H19FN2O2. The predicted octanol–water partition coefficient (Wildman–Crippen LogP) is 3.11. The highest BCUT2D eigenvalue weighted by Crippen LogP contribution is 2.30. The summed E-state index contributed by atoms with van der Waals surface area (Å²) in [6.07, 6.45) is 5.49. The fourth-order valence-corrected chi connectivity index (χ4v) is 3.14. The van der Waals surface area contributed by atoms with Gasteiger partial charge in [0.1, 0.15) is 5.82 Å². The van der Waals surface area contributed by atoms with Crippen molar-refractivity contribution in [2.45, 2.75) is 31.7 Å². The lowest BCUT2D eigenvalue weighted by atomic mass is 10.1. The van der Waals surface area contributed by atoms with E-state index in [1.54, 1.807) is 24.1 Å². The molecule has 1 aliphatic rings. The van der Waals surface area contributed by atoms with Gasteiger partial charge in [0, 0.05) is 31.0 Å². The number of benzene rings is 1. The minimum absolute atomic E-state index is 0.0709. The van der Waals surface area contributed by atoms with E-state index in [9.17, 15) is 14.0 Å². The first kappa shape index (κ1) is 15.5. The minimum Gasteiger partial charge on any atom is -0.318 e. The smallest absolute Gasteiger partial charge is 0.260 e. The monoisotopic (exact) mass is 314 g/mol. The van der Waals surface area contributed by atoms with E-state index in [4.69, 9.17) is 0 Å². The van der Waals surface area contributed by atoms with Gasteiger partial charge in [-0.05, 0) is 37.1 Å². The third kappa shape index (κ3) is 3.18. The van der Waals surface area contributed by atoms with Crippen LogP contribution in [0.25, 0.3) is 0 Å². The number of anilines is 1. The first-order valence-corrected chi connectivity index (χ1v) is 7.82. The van der Waals surface area contributed by atoms with Gasteiger partial charge in [-0.25, -0.2) is 4.39 Å². The lowest BCUT2D eigenvalue weighted by Crippen LogP contribution is -2.39. The number of carbonyl (C=O) groups is 1. The quantitative estimate of drug-likeness (QED) is 0.873. The number of halogens is 1. The SMILES string of the molecule is Cn1cc(C(=O)N(c2cccc(F)c2)C2CCCC2)ccc1=O. The maximum atomic E-state index is 13.6. The molecule has 23 heavy (non-hydrogen) atoms. The van der Waals surface area contributed by atoms with E-state index in [-0.39, 0.29) is 23.3 Å². The van der Waals surface area contributed by atoms with Gasteiger partial charge >= 0.3 is 0 Å². The van der Waals surface area contributed by atoms with Crippen molar-refractivity contribution in [2.24, 2.45) is 7.05 Å². The van der Waals surface area contributed by atoms with Gasteiger partial charge in [0.05, 0.1) is 5.56 Å². The molecule has 0 N–H and O–H groups in total. The van der Waals surface area contributed by atoms with E-state index < -0.39 is 0 Å². The van der Waals surface area contributed by atoms with Gasteiger partial charge < -0.3 is 9.47 Å². The maximum absolute atomic E-state index is 13.6. The van der Waals surface area contributed by atoms with Crippen LogP contribution in [0, 0.1) is 5.82 Å². The number of amides is 1. The van der Waals surface area contributed by atoms with Gasteiger partial charge in [-0.3, -0.25) is 9.59 Å². The second kappa shape index (κ2) is 6.36. The molecule has 120 valence electrons. The standard InChI is InChI=1S/C18H19FN2O2/c1-20-12-13(9-10-17(20)22)18(23)21(15-6-2-3-7-15)16-8-4-5-14(19)11-16/h4-5,8-12,15H,2-3,6-7H2,1H3. The summed E-state index contributed by atoms with van der Waals surface area (Å²) in [4.78, 5) is 26.2. The van der Waals surface area contributed by atoms with Crippen LogP contribution in [-0.2, 0) is 7.05 Å². The zero-order chi connectivity index (χ0) is 16.4. The Balaban J connectivity index is 2.01. The van der Waals surface area contributed by atoms with E-state index in [0.29, 0.717) is 11.3 Å². The Morgan fingerprint density at radius 1 is 1.22 bits per heavy atom. The fraction of sp³-hybridized carbons (Fsp3) is 0.333. The van der Waals surface area contributed by atoms with Crippen LogP contribution in [0.5, 0.6) is 0 Å². The van der Waals surface area contributed by atoms with Gasteiger partial charge in [-0.15, -0.1) is 0 Å². The summed E-state index contributed by atoms with van der Waals surface area (Å²) >= 11 is 0. The minimum atomic E-state index is -0.362. The zero-order valence-electron chi connectivity index (χ0n) is 13.0. The molecular weight excluding hydrogens is 295 g/mol. The average Bonchev–Trinajstić information content (AvgIpc) is 3.04. The highest BCUT2D eigenvalue weighted by molar-refractivity contribution is 6.06. The Kier molecular flexibility index (Phi) is 4.28.